The molecule has 0 unspecified atom stereocenters. The van der Waals surface area contributed by atoms with Crippen LogP contribution in [0.2, 0.25) is 0 Å². The minimum atomic E-state index is 0.966. The molecular weight excluding hydrogens is 605 g/mol. The van der Waals surface area contributed by atoms with Crippen LogP contribution in [0, 0.1) is 19.3 Å². The van der Waals surface area contributed by atoms with Crippen molar-refractivity contribution in [2.75, 3.05) is 0 Å². The van der Waals surface area contributed by atoms with Gasteiger partial charge in [0.2, 0.25) is 0 Å². The van der Waals surface area contributed by atoms with E-state index in [1.165, 1.54) is 82.6 Å². The van der Waals surface area contributed by atoms with Gasteiger partial charge in [0, 0.05) is 17.4 Å². The third-order valence-corrected chi connectivity index (χ3v) is 10.2. The Balaban J connectivity index is 1.12. The SMILES string of the molecule is C#C/C=C\c1ccc(-c2ccc(-c3c4ccccc4c(-c4ccc(-c5ccc6oc7c(c6c5)C=CCC7)cc4)c4ccccc34)cc2)cc1C. The molecule has 0 amide bonds. The fourth-order valence-electron chi connectivity index (χ4n) is 7.72. The summed E-state index contributed by atoms with van der Waals surface area (Å²) in [5.41, 5.74) is 14.3. The molecule has 1 aliphatic carbocycles. The molecule has 0 spiro atoms. The van der Waals surface area contributed by atoms with Crippen molar-refractivity contribution >= 4 is 44.7 Å². The van der Waals surface area contributed by atoms with E-state index in [-0.39, 0.29) is 0 Å². The van der Waals surface area contributed by atoms with Gasteiger partial charge in [-0.25, -0.2) is 0 Å². The monoisotopic (exact) mass is 638 g/mol. The van der Waals surface area contributed by atoms with Crippen molar-refractivity contribution in [2.24, 2.45) is 0 Å². The second kappa shape index (κ2) is 12.3. The van der Waals surface area contributed by atoms with Crippen LogP contribution in [0.3, 0.4) is 0 Å². The van der Waals surface area contributed by atoms with Crippen LogP contribution >= 0.6 is 0 Å². The second-order valence-electron chi connectivity index (χ2n) is 13.2. The Morgan fingerprint density at radius 3 is 1.66 bits per heavy atom. The summed E-state index contributed by atoms with van der Waals surface area (Å²) in [7, 11) is 0. The van der Waals surface area contributed by atoms with E-state index in [0.717, 1.165) is 29.7 Å². The van der Waals surface area contributed by atoms with E-state index in [2.05, 4.69) is 158 Å². The molecule has 0 N–H and O–H groups in total. The summed E-state index contributed by atoms with van der Waals surface area (Å²) >= 11 is 0. The van der Waals surface area contributed by atoms with Gasteiger partial charge >= 0.3 is 0 Å². The molecule has 1 heteroatoms. The molecule has 1 nitrogen and oxygen atoms in total. The Morgan fingerprint density at radius 2 is 1.10 bits per heavy atom. The zero-order valence-electron chi connectivity index (χ0n) is 27.9. The fraction of sp³-hybridized carbons (Fsp3) is 0.0612. The van der Waals surface area contributed by atoms with E-state index >= 15 is 0 Å². The molecule has 0 saturated heterocycles. The third-order valence-electron chi connectivity index (χ3n) is 10.2. The highest BCUT2D eigenvalue weighted by Crippen LogP contribution is 2.44. The molecule has 1 aliphatic rings. The van der Waals surface area contributed by atoms with Crippen LogP contribution in [-0.4, -0.2) is 0 Å². The number of rotatable bonds is 5. The number of hydrogen-bond donors (Lipinski definition) is 0. The van der Waals surface area contributed by atoms with E-state index in [4.69, 9.17) is 10.8 Å². The number of hydrogen-bond acceptors (Lipinski definition) is 1. The summed E-state index contributed by atoms with van der Waals surface area (Å²) in [6.45, 7) is 2.13. The van der Waals surface area contributed by atoms with Gasteiger partial charge in [0.05, 0.1) is 0 Å². The molecular formula is C49H34O. The Kier molecular flexibility index (Phi) is 7.30. The highest BCUT2D eigenvalue weighted by Gasteiger charge is 2.18. The van der Waals surface area contributed by atoms with Crippen LogP contribution in [0.25, 0.3) is 89.2 Å². The highest BCUT2D eigenvalue weighted by molar-refractivity contribution is 6.21. The molecule has 236 valence electrons. The Morgan fingerprint density at radius 1 is 0.580 bits per heavy atom. The summed E-state index contributed by atoms with van der Waals surface area (Å²) in [6.07, 6.45) is 15.6. The predicted molar refractivity (Wildman–Crippen MR) is 213 cm³/mol. The van der Waals surface area contributed by atoms with Gasteiger partial charge in [-0.3, -0.25) is 0 Å². The van der Waals surface area contributed by atoms with E-state index in [0.29, 0.717) is 0 Å². The second-order valence-corrected chi connectivity index (χ2v) is 13.2. The molecule has 0 bridgehead atoms. The number of fused-ring (bicyclic) bond motifs is 5. The summed E-state index contributed by atoms with van der Waals surface area (Å²) in [5.74, 6) is 3.68. The van der Waals surface area contributed by atoms with Gasteiger partial charge in [0.25, 0.3) is 0 Å². The van der Waals surface area contributed by atoms with Gasteiger partial charge in [-0.2, -0.15) is 0 Å². The zero-order valence-corrected chi connectivity index (χ0v) is 27.9. The van der Waals surface area contributed by atoms with Crippen LogP contribution in [0.15, 0.2) is 150 Å². The number of allylic oxidation sites excluding steroid dienone is 2. The van der Waals surface area contributed by atoms with E-state index in [1.54, 1.807) is 6.08 Å². The fourth-order valence-corrected chi connectivity index (χ4v) is 7.72. The first-order valence-electron chi connectivity index (χ1n) is 17.3. The first-order valence-corrected chi connectivity index (χ1v) is 17.3. The molecule has 9 rings (SSSR count). The Labute approximate surface area is 292 Å². The molecule has 0 aliphatic heterocycles. The molecule has 1 heterocycles. The summed E-state index contributed by atoms with van der Waals surface area (Å²) in [5, 5.41) is 6.20. The van der Waals surface area contributed by atoms with Crippen LogP contribution < -0.4 is 0 Å². The van der Waals surface area contributed by atoms with Crippen LogP contribution in [0.1, 0.15) is 28.9 Å². The molecule has 7 aromatic carbocycles. The van der Waals surface area contributed by atoms with Crippen molar-refractivity contribution in [2.45, 2.75) is 19.8 Å². The van der Waals surface area contributed by atoms with Crippen LogP contribution in [0.4, 0.5) is 0 Å². The summed E-state index contributed by atoms with van der Waals surface area (Å²) in [4.78, 5) is 0. The average molecular weight is 639 g/mol. The van der Waals surface area contributed by atoms with E-state index < -0.39 is 0 Å². The van der Waals surface area contributed by atoms with Crippen molar-refractivity contribution in [3.63, 3.8) is 0 Å². The average Bonchev–Trinajstić information content (AvgIpc) is 3.55. The van der Waals surface area contributed by atoms with Crippen molar-refractivity contribution in [1.82, 2.24) is 0 Å². The minimum absolute atomic E-state index is 0.966. The largest absolute Gasteiger partial charge is 0.460 e. The predicted octanol–water partition coefficient (Wildman–Crippen LogP) is 13.3. The van der Waals surface area contributed by atoms with E-state index in [1.807, 2.05) is 6.08 Å². The van der Waals surface area contributed by atoms with Crippen molar-refractivity contribution in [3.05, 3.63) is 168 Å². The molecule has 0 fully saturated rings. The standard InChI is InChI=1S/C49H34O/c1-3-4-11-33-18-27-38(30-32(33)2)34-19-23-36(24-20-34)48-41-13-5-7-15-43(41)49(44-16-8-6-14-42(44)48)37-25-21-35(22-26-37)39-28-29-47-45(31-39)40-12-9-10-17-46(40)50-47/h1,4-9,11-16,18-31H,10,17H2,2H3/b11-4-. The Hall–Kier alpha value is -6.36. The first-order chi connectivity index (χ1) is 24.7. The number of aryl methyl sites for hydroxylation is 2. The third kappa shape index (κ3) is 5.06. The van der Waals surface area contributed by atoms with Crippen LogP contribution in [0.5, 0.6) is 0 Å². The molecule has 0 saturated carbocycles. The number of benzene rings is 7. The molecule has 8 aromatic rings. The lowest BCUT2D eigenvalue weighted by molar-refractivity contribution is 0.546. The van der Waals surface area contributed by atoms with Gasteiger partial charge in [0.1, 0.15) is 11.3 Å². The normalized spacial score (nSPS) is 12.6. The lowest BCUT2D eigenvalue weighted by Gasteiger charge is -2.18. The molecule has 0 radical (unpaired) electrons. The summed E-state index contributed by atoms with van der Waals surface area (Å²) in [6, 6.07) is 48.9. The van der Waals surface area contributed by atoms with Crippen molar-refractivity contribution < 1.29 is 4.42 Å². The van der Waals surface area contributed by atoms with E-state index in [9.17, 15) is 0 Å². The van der Waals surface area contributed by atoms with Crippen molar-refractivity contribution in [1.29, 1.82) is 0 Å². The summed E-state index contributed by atoms with van der Waals surface area (Å²) < 4.78 is 6.17. The first kappa shape index (κ1) is 29.8. The molecule has 50 heavy (non-hydrogen) atoms. The lowest BCUT2D eigenvalue weighted by Crippen LogP contribution is -1.91. The minimum Gasteiger partial charge on any atom is -0.460 e. The van der Waals surface area contributed by atoms with Gasteiger partial charge in [-0.1, -0.05) is 139 Å². The van der Waals surface area contributed by atoms with Gasteiger partial charge in [-0.15, -0.1) is 6.42 Å². The lowest BCUT2D eigenvalue weighted by atomic mass is 9.85. The zero-order chi connectivity index (χ0) is 33.6. The maximum atomic E-state index is 6.17. The quantitative estimate of drug-likeness (QED) is 0.135. The molecule has 0 atom stereocenters. The molecule has 1 aromatic heterocycles. The van der Waals surface area contributed by atoms with Gasteiger partial charge < -0.3 is 4.42 Å². The number of furan rings is 1. The van der Waals surface area contributed by atoms with Gasteiger partial charge in [0.15, 0.2) is 0 Å². The maximum Gasteiger partial charge on any atom is 0.134 e. The highest BCUT2D eigenvalue weighted by atomic mass is 16.3. The van der Waals surface area contributed by atoms with Crippen LogP contribution in [-0.2, 0) is 6.42 Å². The smallest absolute Gasteiger partial charge is 0.134 e. The van der Waals surface area contributed by atoms with Crippen molar-refractivity contribution in [3.8, 4) is 56.9 Å². The topological polar surface area (TPSA) is 13.1 Å². The Bertz CT molecular complexity index is 2630. The number of terminal acetylenes is 1. The maximum absolute atomic E-state index is 6.17. The van der Waals surface area contributed by atoms with Gasteiger partial charge in [-0.05, 0) is 115 Å².